The van der Waals surface area contributed by atoms with E-state index in [0.29, 0.717) is 17.9 Å². The van der Waals surface area contributed by atoms with Crippen molar-refractivity contribution in [3.8, 4) is 0 Å². The third-order valence-corrected chi connectivity index (χ3v) is 6.40. The summed E-state index contributed by atoms with van der Waals surface area (Å²) in [5.74, 6) is 2.14. The van der Waals surface area contributed by atoms with E-state index >= 15 is 0 Å². The highest BCUT2D eigenvalue weighted by molar-refractivity contribution is 7.99. The molecule has 1 aromatic rings. The van der Waals surface area contributed by atoms with Crippen LogP contribution in [0, 0.1) is 5.92 Å². The predicted molar refractivity (Wildman–Crippen MR) is 104 cm³/mol. The third-order valence-electron chi connectivity index (χ3n) is 5.19. The Morgan fingerprint density at radius 2 is 2.00 bits per heavy atom. The number of ether oxygens (including phenoxy) is 1. The highest BCUT2D eigenvalue weighted by Gasteiger charge is 2.43. The molecule has 0 atom stereocenters. The first-order valence-corrected chi connectivity index (χ1v) is 10.4. The summed E-state index contributed by atoms with van der Waals surface area (Å²) in [6.45, 7) is 1.52. The van der Waals surface area contributed by atoms with Gasteiger partial charge in [0, 0.05) is 25.2 Å². The van der Waals surface area contributed by atoms with Gasteiger partial charge in [-0.3, -0.25) is 4.79 Å². The number of hydrogen-bond donors (Lipinski definition) is 1. The Morgan fingerprint density at radius 1 is 1.31 bits per heavy atom. The molecule has 0 spiro atoms. The minimum absolute atomic E-state index is 0.0361. The highest BCUT2D eigenvalue weighted by atomic mass is 35.5. The lowest BCUT2D eigenvalue weighted by atomic mass is 9.89. The van der Waals surface area contributed by atoms with Crippen molar-refractivity contribution in [2.75, 3.05) is 36.6 Å². The summed E-state index contributed by atoms with van der Waals surface area (Å²) in [5, 5.41) is 3.65. The molecule has 0 aliphatic carbocycles. The third kappa shape index (κ3) is 4.26. The number of halogens is 1. The molecule has 2 aliphatic rings. The zero-order valence-corrected chi connectivity index (χ0v) is 16.4. The van der Waals surface area contributed by atoms with Crippen LogP contribution in [0.25, 0.3) is 0 Å². The van der Waals surface area contributed by atoms with Gasteiger partial charge in [0.15, 0.2) is 0 Å². The maximum absolute atomic E-state index is 12.8. The topological polar surface area (TPSA) is 71.5 Å². The second-order valence-electron chi connectivity index (χ2n) is 6.77. The molecule has 0 aromatic carbocycles. The molecular formula is C18H24ClN3O3S. The summed E-state index contributed by atoms with van der Waals surface area (Å²) >= 11 is 7.69. The van der Waals surface area contributed by atoms with Crippen LogP contribution in [0.4, 0.5) is 5.82 Å². The molecule has 8 heteroatoms. The number of amides is 1. The summed E-state index contributed by atoms with van der Waals surface area (Å²) in [5.41, 5.74) is -0.855. The molecule has 1 amide bonds. The summed E-state index contributed by atoms with van der Waals surface area (Å²) in [6.07, 6.45) is 4.37. The first-order valence-electron chi connectivity index (χ1n) is 8.89. The van der Waals surface area contributed by atoms with Gasteiger partial charge in [0.2, 0.25) is 5.91 Å². The van der Waals surface area contributed by atoms with Gasteiger partial charge in [-0.05, 0) is 49.3 Å². The fraction of sp³-hybridized carbons (Fsp3) is 0.611. The van der Waals surface area contributed by atoms with Crippen LogP contribution in [0.1, 0.15) is 25.7 Å². The van der Waals surface area contributed by atoms with E-state index in [9.17, 15) is 9.59 Å². The molecule has 1 aromatic heterocycles. The number of nitrogens with zero attached hydrogens (tertiary/aromatic N) is 2. The van der Waals surface area contributed by atoms with Crippen LogP contribution in [0.15, 0.2) is 18.3 Å². The van der Waals surface area contributed by atoms with Gasteiger partial charge < -0.3 is 15.0 Å². The maximum atomic E-state index is 12.8. The van der Waals surface area contributed by atoms with Gasteiger partial charge in [0.25, 0.3) is 0 Å². The molecule has 3 heterocycles. The van der Waals surface area contributed by atoms with Crippen LogP contribution in [0.5, 0.6) is 0 Å². The molecular weight excluding hydrogens is 374 g/mol. The molecule has 3 rings (SSSR count). The summed E-state index contributed by atoms with van der Waals surface area (Å²) in [7, 11) is 1.38. The number of methoxy groups -OCH3 is 1. The molecule has 2 fully saturated rings. The Morgan fingerprint density at radius 3 is 2.58 bits per heavy atom. The van der Waals surface area contributed by atoms with E-state index in [1.807, 2.05) is 12.1 Å². The van der Waals surface area contributed by atoms with Gasteiger partial charge in [-0.25, -0.2) is 9.78 Å². The van der Waals surface area contributed by atoms with Crippen molar-refractivity contribution in [3.05, 3.63) is 23.4 Å². The van der Waals surface area contributed by atoms with Gasteiger partial charge in [-0.2, -0.15) is 11.8 Å². The van der Waals surface area contributed by atoms with Crippen LogP contribution in [0.3, 0.4) is 0 Å². The van der Waals surface area contributed by atoms with Crippen LogP contribution in [0.2, 0.25) is 5.02 Å². The smallest absolute Gasteiger partial charge is 0.331 e. The standard InChI is InChI=1S/C18H24ClN3O3S/c1-25-17(24)18(6-10-26-11-7-18)21-16(23)13-4-8-22(9-5-13)15-3-2-14(19)12-20-15/h2-3,12-13H,4-11H2,1H3,(H,21,23). The summed E-state index contributed by atoms with van der Waals surface area (Å²) in [6, 6.07) is 3.72. The van der Waals surface area contributed by atoms with Crippen molar-refractivity contribution in [1.82, 2.24) is 10.3 Å². The first-order chi connectivity index (χ1) is 12.5. The van der Waals surface area contributed by atoms with Crippen molar-refractivity contribution in [1.29, 1.82) is 0 Å². The van der Waals surface area contributed by atoms with Crippen molar-refractivity contribution in [3.63, 3.8) is 0 Å². The SMILES string of the molecule is COC(=O)C1(NC(=O)C2CCN(c3ccc(Cl)cn3)CC2)CCSCC1. The lowest BCUT2D eigenvalue weighted by Crippen LogP contribution is -2.58. The largest absolute Gasteiger partial charge is 0.467 e. The molecule has 2 aliphatic heterocycles. The zero-order valence-electron chi connectivity index (χ0n) is 14.9. The maximum Gasteiger partial charge on any atom is 0.331 e. The van der Waals surface area contributed by atoms with Crippen LogP contribution < -0.4 is 10.2 Å². The van der Waals surface area contributed by atoms with E-state index in [0.717, 1.165) is 43.3 Å². The Kier molecular flexibility index (Phi) is 6.29. The van der Waals surface area contributed by atoms with Gasteiger partial charge in [0.05, 0.1) is 12.1 Å². The number of hydrogen-bond acceptors (Lipinski definition) is 6. The zero-order chi connectivity index (χ0) is 18.6. The number of carbonyl (C=O) groups is 2. The van der Waals surface area contributed by atoms with Crippen molar-refractivity contribution < 1.29 is 14.3 Å². The van der Waals surface area contributed by atoms with Gasteiger partial charge in [-0.1, -0.05) is 11.6 Å². The number of esters is 1. The van der Waals surface area contributed by atoms with E-state index < -0.39 is 5.54 Å². The molecule has 0 saturated carbocycles. The average Bonchev–Trinajstić information content (AvgIpc) is 2.68. The van der Waals surface area contributed by atoms with E-state index in [1.54, 1.807) is 18.0 Å². The fourth-order valence-corrected chi connectivity index (χ4v) is 4.86. The fourth-order valence-electron chi connectivity index (χ4n) is 3.56. The molecule has 0 bridgehead atoms. The Balaban J connectivity index is 1.59. The number of rotatable bonds is 4. The lowest BCUT2D eigenvalue weighted by Gasteiger charge is -2.38. The van der Waals surface area contributed by atoms with Gasteiger partial charge in [0.1, 0.15) is 11.4 Å². The molecule has 6 nitrogen and oxygen atoms in total. The first kappa shape index (κ1) is 19.3. The second-order valence-corrected chi connectivity index (χ2v) is 8.43. The van der Waals surface area contributed by atoms with Gasteiger partial charge in [-0.15, -0.1) is 0 Å². The number of pyridine rings is 1. The van der Waals surface area contributed by atoms with E-state index in [1.165, 1.54) is 7.11 Å². The molecule has 142 valence electrons. The van der Waals surface area contributed by atoms with Crippen LogP contribution in [-0.4, -0.2) is 54.1 Å². The summed E-state index contributed by atoms with van der Waals surface area (Å²) < 4.78 is 4.98. The van der Waals surface area contributed by atoms with E-state index in [4.69, 9.17) is 16.3 Å². The average molecular weight is 398 g/mol. The number of aromatic nitrogens is 1. The van der Waals surface area contributed by atoms with E-state index in [2.05, 4.69) is 15.2 Å². The second kappa shape index (κ2) is 8.48. The van der Waals surface area contributed by atoms with Crippen molar-refractivity contribution >= 4 is 41.1 Å². The molecule has 26 heavy (non-hydrogen) atoms. The quantitative estimate of drug-likeness (QED) is 0.787. The Hall–Kier alpha value is -1.47. The Labute approximate surface area is 163 Å². The molecule has 1 N–H and O–H groups in total. The van der Waals surface area contributed by atoms with Crippen molar-refractivity contribution in [2.24, 2.45) is 5.92 Å². The summed E-state index contributed by atoms with van der Waals surface area (Å²) in [4.78, 5) is 31.6. The molecule has 2 saturated heterocycles. The number of piperidine rings is 1. The number of carbonyl (C=O) groups excluding carboxylic acids is 2. The lowest BCUT2D eigenvalue weighted by molar-refractivity contribution is -0.152. The van der Waals surface area contributed by atoms with E-state index in [-0.39, 0.29) is 17.8 Å². The molecule has 0 unspecified atom stereocenters. The predicted octanol–water partition coefficient (Wildman–Crippen LogP) is 2.51. The number of anilines is 1. The minimum atomic E-state index is -0.855. The minimum Gasteiger partial charge on any atom is -0.467 e. The van der Waals surface area contributed by atoms with Crippen LogP contribution in [-0.2, 0) is 14.3 Å². The van der Waals surface area contributed by atoms with Gasteiger partial charge >= 0.3 is 5.97 Å². The molecule has 0 radical (unpaired) electrons. The monoisotopic (exact) mass is 397 g/mol. The van der Waals surface area contributed by atoms with Crippen molar-refractivity contribution in [2.45, 2.75) is 31.2 Å². The number of thioether (sulfide) groups is 1. The normalized spacial score (nSPS) is 20.5. The van der Waals surface area contributed by atoms with Crippen LogP contribution >= 0.6 is 23.4 Å². The highest BCUT2D eigenvalue weighted by Crippen LogP contribution is 2.30. The Bertz CT molecular complexity index is 642. The number of nitrogens with one attached hydrogen (secondary N) is 1.